The van der Waals surface area contributed by atoms with Crippen molar-refractivity contribution in [2.75, 3.05) is 13.1 Å². The second-order valence-corrected chi connectivity index (χ2v) is 6.28. The standard InChI is InChI=1S/C16H20ClNO2/c1-11-8-13-10-18(7-6-15(13)20-11)16(19)9-12-4-2-3-5-14(12)17/h2-5,11,13,15H,6-10H2,1H3/t11-,13-,15+/m1/s1. The monoisotopic (exact) mass is 293 g/mol. The minimum atomic E-state index is 0.177. The Hall–Kier alpha value is -1.06. The lowest BCUT2D eigenvalue weighted by Gasteiger charge is -2.34. The highest BCUT2D eigenvalue weighted by Crippen LogP contribution is 2.32. The average Bonchev–Trinajstić information content (AvgIpc) is 2.80. The van der Waals surface area contributed by atoms with Gasteiger partial charge >= 0.3 is 0 Å². The first kappa shape index (κ1) is 13.9. The number of halogens is 1. The molecule has 0 bridgehead atoms. The van der Waals surface area contributed by atoms with Crippen LogP contribution >= 0.6 is 11.6 Å². The molecule has 108 valence electrons. The van der Waals surface area contributed by atoms with Crippen LogP contribution in [0.3, 0.4) is 0 Å². The van der Waals surface area contributed by atoms with Crippen LogP contribution < -0.4 is 0 Å². The zero-order chi connectivity index (χ0) is 14.1. The van der Waals surface area contributed by atoms with Crippen molar-refractivity contribution in [2.45, 2.75) is 38.4 Å². The summed E-state index contributed by atoms with van der Waals surface area (Å²) in [5, 5.41) is 0.675. The third kappa shape index (κ3) is 2.84. The summed E-state index contributed by atoms with van der Waals surface area (Å²) in [6, 6.07) is 7.57. The fraction of sp³-hybridized carbons (Fsp3) is 0.562. The number of amides is 1. The summed E-state index contributed by atoms with van der Waals surface area (Å²) < 4.78 is 5.87. The van der Waals surface area contributed by atoms with Crippen molar-refractivity contribution < 1.29 is 9.53 Å². The van der Waals surface area contributed by atoms with Crippen LogP contribution in [0.2, 0.25) is 5.02 Å². The van der Waals surface area contributed by atoms with Crippen molar-refractivity contribution in [3.05, 3.63) is 34.9 Å². The second-order valence-electron chi connectivity index (χ2n) is 5.88. The van der Waals surface area contributed by atoms with Gasteiger partial charge < -0.3 is 9.64 Å². The Kier molecular flexibility index (Phi) is 3.99. The minimum Gasteiger partial charge on any atom is -0.375 e. The van der Waals surface area contributed by atoms with Crippen LogP contribution in [-0.4, -0.2) is 36.1 Å². The Balaban J connectivity index is 1.62. The fourth-order valence-electron chi connectivity index (χ4n) is 3.34. The second kappa shape index (κ2) is 5.74. The number of piperidine rings is 1. The third-order valence-electron chi connectivity index (χ3n) is 4.36. The fourth-order valence-corrected chi connectivity index (χ4v) is 3.54. The van der Waals surface area contributed by atoms with Crippen LogP contribution in [0, 0.1) is 5.92 Å². The molecule has 1 aromatic carbocycles. The van der Waals surface area contributed by atoms with E-state index < -0.39 is 0 Å². The maximum atomic E-state index is 12.4. The Bertz CT molecular complexity index is 505. The summed E-state index contributed by atoms with van der Waals surface area (Å²) in [5.41, 5.74) is 0.914. The van der Waals surface area contributed by atoms with Gasteiger partial charge in [-0.15, -0.1) is 0 Å². The van der Waals surface area contributed by atoms with Crippen molar-refractivity contribution in [3.63, 3.8) is 0 Å². The molecule has 1 aromatic rings. The molecule has 2 aliphatic rings. The molecule has 2 saturated heterocycles. The van der Waals surface area contributed by atoms with Crippen LogP contribution in [0.15, 0.2) is 24.3 Å². The first-order chi connectivity index (χ1) is 9.63. The molecule has 20 heavy (non-hydrogen) atoms. The van der Waals surface area contributed by atoms with E-state index in [-0.39, 0.29) is 5.91 Å². The van der Waals surface area contributed by atoms with E-state index in [0.29, 0.717) is 29.6 Å². The third-order valence-corrected chi connectivity index (χ3v) is 4.73. The molecule has 0 saturated carbocycles. The number of rotatable bonds is 2. The van der Waals surface area contributed by atoms with E-state index in [1.807, 2.05) is 29.2 Å². The van der Waals surface area contributed by atoms with Crippen LogP contribution in [0.5, 0.6) is 0 Å². The van der Waals surface area contributed by atoms with E-state index >= 15 is 0 Å². The number of nitrogens with zero attached hydrogens (tertiary/aromatic N) is 1. The normalized spacial score (nSPS) is 29.3. The Morgan fingerprint density at radius 3 is 3.05 bits per heavy atom. The van der Waals surface area contributed by atoms with Gasteiger partial charge in [0.2, 0.25) is 5.91 Å². The molecule has 0 unspecified atom stereocenters. The van der Waals surface area contributed by atoms with E-state index in [2.05, 4.69) is 6.92 Å². The Morgan fingerprint density at radius 2 is 2.25 bits per heavy atom. The van der Waals surface area contributed by atoms with Gasteiger partial charge in [-0.05, 0) is 31.4 Å². The summed E-state index contributed by atoms with van der Waals surface area (Å²) in [7, 11) is 0. The lowest BCUT2D eigenvalue weighted by atomic mass is 9.92. The predicted molar refractivity (Wildman–Crippen MR) is 78.8 cm³/mol. The zero-order valence-electron chi connectivity index (χ0n) is 11.7. The number of likely N-dealkylation sites (tertiary alicyclic amines) is 1. The molecule has 3 atom stereocenters. The average molecular weight is 294 g/mol. The lowest BCUT2D eigenvalue weighted by Crippen LogP contribution is -2.45. The Morgan fingerprint density at radius 1 is 1.45 bits per heavy atom. The number of ether oxygens (including phenoxy) is 1. The molecule has 0 radical (unpaired) electrons. The summed E-state index contributed by atoms with van der Waals surface area (Å²) in [5.74, 6) is 0.685. The molecule has 3 rings (SSSR count). The van der Waals surface area contributed by atoms with Crippen LogP contribution in [0.4, 0.5) is 0 Å². The highest BCUT2D eigenvalue weighted by atomic mass is 35.5. The molecular weight excluding hydrogens is 274 g/mol. The molecule has 2 heterocycles. The minimum absolute atomic E-state index is 0.177. The van der Waals surface area contributed by atoms with Crippen LogP contribution in [0.25, 0.3) is 0 Å². The maximum Gasteiger partial charge on any atom is 0.227 e. The number of hydrogen-bond donors (Lipinski definition) is 0. The van der Waals surface area contributed by atoms with Crippen LogP contribution in [-0.2, 0) is 16.0 Å². The van der Waals surface area contributed by atoms with E-state index in [1.54, 1.807) is 0 Å². The molecule has 2 aliphatic heterocycles. The molecule has 0 N–H and O–H groups in total. The highest BCUT2D eigenvalue weighted by molar-refractivity contribution is 6.31. The molecule has 2 fully saturated rings. The van der Waals surface area contributed by atoms with E-state index in [0.717, 1.165) is 31.5 Å². The highest BCUT2D eigenvalue weighted by Gasteiger charge is 2.38. The predicted octanol–water partition coefficient (Wildman–Crippen LogP) is 2.91. The molecule has 3 nitrogen and oxygen atoms in total. The van der Waals surface area contributed by atoms with Gasteiger partial charge in [-0.2, -0.15) is 0 Å². The molecule has 0 aromatic heterocycles. The first-order valence-electron chi connectivity index (χ1n) is 7.30. The molecule has 1 amide bonds. The summed E-state index contributed by atoms with van der Waals surface area (Å²) in [6.45, 7) is 3.75. The largest absolute Gasteiger partial charge is 0.375 e. The molecule has 0 spiro atoms. The number of carbonyl (C=O) groups excluding carboxylic acids is 1. The lowest BCUT2D eigenvalue weighted by molar-refractivity contribution is -0.133. The molecular formula is C16H20ClNO2. The van der Waals surface area contributed by atoms with Gasteiger partial charge in [-0.3, -0.25) is 4.79 Å². The summed E-state index contributed by atoms with van der Waals surface area (Å²) >= 11 is 6.12. The van der Waals surface area contributed by atoms with E-state index in [4.69, 9.17) is 16.3 Å². The van der Waals surface area contributed by atoms with Gasteiger partial charge in [-0.1, -0.05) is 29.8 Å². The smallest absolute Gasteiger partial charge is 0.227 e. The molecule has 0 aliphatic carbocycles. The zero-order valence-corrected chi connectivity index (χ0v) is 12.5. The van der Waals surface area contributed by atoms with Crippen molar-refractivity contribution in [1.82, 2.24) is 4.90 Å². The number of hydrogen-bond acceptors (Lipinski definition) is 2. The number of carbonyl (C=O) groups is 1. The van der Waals surface area contributed by atoms with Gasteiger partial charge in [0.25, 0.3) is 0 Å². The summed E-state index contributed by atoms with van der Waals surface area (Å²) in [4.78, 5) is 14.4. The summed E-state index contributed by atoms with van der Waals surface area (Å²) in [6.07, 6.45) is 3.12. The number of benzene rings is 1. The van der Waals surface area contributed by atoms with Gasteiger partial charge in [-0.25, -0.2) is 0 Å². The van der Waals surface area contributed by atoms with Crippen molar-refractivity contribution in [2.24, 2.45) is 5.92 Å². The van der Waals surface area contributed by atoms with Gasteiger partial charge in [0.15, 0.2) is 0 Å². The van der Waals surface area contributed by atoms with Gasteiger partial charge in [0.05, 0.1) is 18.6 Å². The van der Waals surface area contributed by atoms with Crippen molar-refractivity contribution in [1.29, 1.82) is 0 Å². The number of fused-ring (bicyclic) bond motifs is 1. The first-order valence-corrected chi connectivity index (χ1v) is 7.68. The van der Waals surface area contributed by atoms with Gasteiger partial charge in [0, 0.05) is 24.0 Å². The SMILES string of the molecule is C[C@@H]1C[C@@H]2CN(C(=O)Cc3ccccc3Cl)CC[C@@H]2O1. The molecule has 4 heteroatoms. The van der Waals surface area contributed by atoms with Crippen LogP contribution in [0.1, 0.15) is 25.3 Å². The maximum absolute atomic E-state index is 12.4. The van der Waals surface area contributed by atoms with E-state index in [9.17, 15) is 4.79 Å². The van der Waals surface area contributed by atoms with Crippen molar-refractivity contribution >= 4 is 17.5 Å². The Labute approximate surface area is 124 Å². The van der Waals surface area contributed by atoms with E-state index in [1.165, 1.54) is 0 Å². The quantitative estimate of drug-likeness (QED) is 0.839. The van der Waals surface area contributed by atoms with Crippen molar-refractivity contribution in [3.8, 4) is 0 Å². The van der Waals surface area contributed by atoms with Gasteiger partial charge in [0.1, 0.15) is 0 Å². The topological polar surface area (TPSA) is 29.5 Å².